The van der Waals surface area contributed by atoms with Crippen LogP contribution in [0.4, 0.5) is 11.4 Å². The van der Waals surface area contributed by atoms with E-state index in [1.54, 1.807) is 36.4 Å². The highest BCUT2D eigenvalue weighted by Gasteiger charge is 2.18. The summed E-state index contributed by atoms with van der Waals surface area (Å²) in [5, 5.41) is 5.38. The predicted molar refractivity (Wildman–Crippen MR) is 102 cm³/mol. The van der Waals surface area contributed by atoms with Crippen LogP contribution in [0.15, 0.2) is 36.4 Å². The second-order valence-corrected chi connectivity index (χ2v) is 6.09. The van der Waals surface area contributed by atoms with Crippen LogP contribution in [0.2, 0.25) is 0 Å². The average Bonchev–Trinajstić information content (AvgIpc) is 2.71. The molecule has 1 heterocycles. The predicted octanol–water partition coefficient (Wildman–Crippen LogP) is 2.64. The molecular formula is C20H20N2O6. The highest BCUT2D eigenvalue weighted by Crippen LogP contribution is 2.30. The monoisotopic (exact) mass is 384 g/mol. The molecule has 0 saturated heterocycles. The van der Waals surface area contributed by atoms with Gasteiger partial charge in [0.2, 0.25) is 5.91 Å². The summed E-state index contributed by atoms with van der Waals surface area (Å²) in [5.74, 6) is 0.794. The number of benzene rings is 2. The maximum absolute atomic E-state index is 12.4. The minimum Gasteiger partial charge on any atom is -0.493 e. The number of fused-ring (bicyclic) bond motifs is 1. The van der Waals surface area contributed by atoms with Gasteiger partial charge in [0.25, 0.3) is 5.91 Å². The maximum atomic E-state index is 12.4. The number of nitrogens with one attached hydrogen (secondary N) is 2. The number of Topliss-reactive ketones (excluding diaryl/α,β-unsaturated/α-hetero) is 1. The zero-order valence-electron chi connectivity index (χ0n) is 15.5. The molecule has 0 fully saturated rings. The van der Waals surface area contributed by atoms with Gasteiger partial charge in [-0.2, -0.15) is 0 Å². The first-order valence-electron chi connectivity index (χ1n) is 8.62. The van der Waals surface area contributed by atoms with Gasteiger partial charge in [0.15, 0.2) is 23.9 Å². The van der Waals surface area contributed by atoms with Crippen LogP contribution in [0.25, 0.3) is 0 Å². The molecule has 28 heavy (non-hydrogen) atoms. The van der Waals surface area contributed by atoms with E-state index >= 15 is 0 Å². The molecule has 8 nitrogen and oxygen atoms in total. The Kier molecular flexibility index (Phi) is 5.78. The fourth-order valence-electron chi connectivity index (χ4n) is 2.77. The van der Waals surface area contributed by atoms with Crippen molar-refractivity contribution in [2.75, 3.05) is 31.5 Å². The summed E-state index contributed by atoms with van der Waals surface area (Å²) in [6.07, 6.45) is 0.0554. The van der Waals surface area contributed by atoms with Gasteiger partial charge in [-0.1, -0.05) is 0 Å². The maximum Gasteiger partial charge on any atom is 0.262 e. The molecule has 0 atom stereocenters. The molecule has 0 unspecified atom stereocenters. The lowest BCUT2D eigenvalue weighted by Gasteiger charge is -2.18. The fraction of sp³-hybridized carbons (Fsp3) is 0.250. The summed E-state index contributed by atoms with van der Waals surface area (Å²) in [5.41, 5.74) is 1.41. The second-order valence-electron chi connectivity index (χ2n) is 6.09. The SMILES string of the molecule is COc1ccc(NC(=O)CCC(=O)c2ccc3c(c2)NC(=O)CO3)cc1OC. The van der Waals surface area contributed by atoms with Gasteiger partial charge in [-0.25, -0.2) is 0 Å². The van der Waals surface area contributed by atoms with Gasteiger partial charge >= 0.3 is 0 Å². The zero-order valence-corrected chi connectivity index (χ0v) is 15.5. The Morgan fingerprint density at radius 1 is 1.07 bits per heavy atom. The van der Waals surface area contributed by atoms with E-state index in [1.807, 2.05) is 0 Å². The van der Waals surface area contributed by atoms with Gasteiger partial charge in [0, 0.05) is 30.2 Å². The van der Waals surface area contributed by atoms with Crippen molar-refractivity contribution in [2.45, 2.75) is 12.8 Å². The van der Waals surface area contributed by atoms with Gasteiger partial charge in [0.1, 0.15) is 5.75 Å². The molecule has 0 aliphatic carbocycles. The second kappa shape index (κ2) is 8.43. The standard InChI is InChI=1S/C20H20N2O6/c1-26-17-7-4-13(10-18(17)27-2)21-19(24)8-5-15(23)12-3-6-16-14(9-12)22-20(25)11-28-16/h3-4,6-7,9-10H,5,8,11H2,1-2H3,(H,21,24)(H,22,25). The van der Waals surface area contributed by atoms with Crippen LogP contribution in [0.3, 0.4) is 0 Å². The number of carbonyl (C=O) groups excluding carboxylic acids is 3. The third kappa shape index (κ3) is 4.40. The van der Waals surface area contributed by atoms with Crippen LogP contribution in [-0.2, 0) is 9.59 Å². The highest BCUT2D eigenvalue weighted by molar-refractivity contribution is 6.02. The summed E-state index contributed by atoms with van der Waals surface area (Å²) in [6, 6.07) is 9.82. The van der Waals surface area contributed by atoms with E-state index in [1.165, 1.54) is 14.2 Å². The molecule has 1 aliphatic rings. The van der Waals surface area contributed by atoms with Gasteiger partial charge in [-0.15, -0.1) is 0 Å². The highest BCUT2D eigenvalue weighted by atomic mass is 16.5. The van der Waals surface area contributed by atoms with Crippen molar-refractivity contribution in [1.82, 2.24) is 0 Å². The molecule has 146 valence electrons. The van der Waals surface area contributed by atoms with E-state index < -0.39 is 0 Å². The molecule has 0 bridgehead atoms. The Balaban J connectivity index is 1.58. The molecule has 8 heteroatoms. The van der Waals surface area contributed by atoms with E-state index in [0.717, 1.165) is 0 Å². The van der Waals surface area contributed by atoms with Crippen molar-refractivity contribution in [3.05, 3.63) is 42.0 Å². The summed E-state index contributed by atoms with van der Waals surface area (Å²) in [6.45, 7) is -0.0450. The smallest absolute Gasteiger partial charge is 0.262 e. The minimum atomic E-state index is -0.296. The van der Waals surface area contributed by atoms with Crippen LogP contribution < -0.4 is 24.8 Å². The van der Waals surface area contributed by atoms with Crippen molar-refractivity contribution < 1.29 is 28.6 Å². The number of hydrogen-bond acceptors (Lipinski definition) is 6. The molecule has 3 rings (SSSR count). The average molecular weight is 384 g/mol. The topological polar surface area (TPSA) is 103 Å². The van der Waals surface area contributed by atoms with E-state index in [0.29, 0.717) is 34.2 Å². The van der Waals surface area contributed by atoms with E-state index in [-0.39, 0.29) is 37.0 Å². The first-order chi connectivity index (χ1) is 13.5. The van der Waals surface area contributed by atoms with Crippen molar-refractivity contribution in [2.24, 2.45) is 0 Å². The van der Waals surface area contributed by atoms with Crippen molar-refractivity contribution in [3.8, 4) is 17.2 Å². The van der Waals surface area contributed by atoms with Gasteiger partial charge < -0.3 is 24.8 Å². The quantitative estimate of drug-likeness (QED) is 0.712. The van der Waals surface area contributed by atoms with Crippen LogP contribution >= 0.6 is 0 Å². The first-order valence-corrected chi connectivity index (χ1v) is 8.62. The molecule has 2 N–H and O–H groups in total. The summed E-state index contributed by atoms with van der Waals surface area (Å²) in [7, 11) is 3.04. The van der Waals surface area contributed by atoms with Crippen LogP contribution in [0, 0.1) is 0 Å². The minimum absolute atomic E-state index is 0.0210. The number of hydrogen-bond donors (Lipinski definition) is 2. The lowest BCUT2D eigenvalue weighted by molar-refractivity contribution is -0.118. The van der Waals surface area contributed by atoms with Crippen molar-refractivity contribution in [3.63, 3.8) is 0 Å². The molecule has 2 aromatic carbocycles. The Hall–Kier alpha value is -3.55. The number of ketones is 1. The molecule has 0 radical (unpaired) electrons. The van der Waals surface area contributed by atoms with Crippen LogP contribution in [0.5, 0.6) is 17.2 Å². The van der Waals surface area contributed by atoms with Gasteiger partial charge in [0.05, 0.1) is 19.9 Å². The Morgan fingerprint density at radius 2 is 1.86 bits per heavy atom. The lowest BCUT2D eigenvalue weighted by Crippen LogP contribution is -2.25. The number of anilines is 2. The number of rotatable bonds is 7. The normalized spacial score (nSPS) is 12.3. The number of carbonyl (C=O) groups is 3. The summed E-state index contributed by atoms with van der Waals surface area (Å²) < 4.78 is 15.6. The Bertz CT molecular complexity index is 925. The Labute approximate surface area is 161 Å². The third-order valence-electron chi connectivity index (χ3n) is 4.18. The van der Waals surface area contributed by atoms with Crippen molar-refractivity contribution >= 4 is 29.0 Å². The van der Waals surface area contributed by atoms with Gasteiger partial charge in [-0.05, 0) is 30.3 Å². The zero-order chi connectivity index (χ0) is 20.1. The molecule has 0 spiro atoms. The summed E-state index contributed by atoms with van der Waals surface area (Å²) in [4.78, 5) is 35.9. The summed E-state index contributed by atoms with van der Waals surface area (Å²) >= 11 is 0. The molecule has 2 aromatic rings. The molecule has 1 aliphatic heterocycles. The molecule has 2 amide bonds. The molecular weight excluding hydrogens is 364 g/mol. The van der Waals surface area contributed by atoms with E-state index in [2.05, 4.69) is 10.6 Å². The Morgan fingerprint density at radius 3 is 2.61 bits per heavy atom. The van der Waals surface area contributed by atoms with Crippen LogP contribution in [0.1, 0.15) is 23.2 Å². The first kappa shape index (κ1) is 19.2. The molecule has 0 saturated carbocycles. The number of methoxy groups -OCH3 is 2. The fourth-order valence-corrected chi connectivity index (χ4v) is 2.77. The van der Waals surface area contributed by atoms with Crippen LogP contribution in [-0.4, -0.2) is 38.4 Å². The van der Waals surface area contributed by atoms with E-state index in [9.17, 15) is 14.4 Å². The van der Waals surface area contributed by atoms with Gasteiger partial charge in [-0.3, -0.25) is 14.4 Å². The van der Waals surface area contributed by atoms with Crippen molar-refractivity contribution in [1.29, 1.82) is 0 Å². The number of ether oxygens (including phenoxy) is 3. The lowest BCUT2D eigenvalue weighted by atomic mass is 10.0. The number of amides is 2. The third-order valence-corrected chi connectivity index (χ3v) is 4.18. The largest absolute Gasteiger partial charge is 0.493 e. The molecule has 0 aromatic heterocycles. The van der Waals surface area contributed by atoms with E-state index in [4.69, 9.17) is 14.2 Å².